The Hall–Kier alpha value is -1.55. The number of aryl methyl sites for hydroxylation is 2. The van der Waals surface area contributed by atoms with E-state index >= 15 is 0 Å². The SMILES string of the molecule is Cc1cccc(C)c1OCC(=O)N1CC(C)OCC1C. The van der Waals surface area contributed by atoms with Crippen molar-refractivity contribution in [3.05, 3.63) is 29.3 Å². The topological polar surface area (TPSA) is 38.8 Å². The summed E-state index contributed by atoms with van der Waals surface area (Å²) in [7, 11) is 0. The number of amides is 1. The first kappa shape index (κ1) is 14.9. The number of carbonyl (C=O) groups excluding carboxylic acids is 1. The highest BCUT2D eigenvalue weighted by molar-refractivity contribution is 5.78. The lowest BCUT2D eigenvalue weighted by molar-refractivity contribution is -0.145. The molecule has 110 valence electrons. The molecule has 1 fully saturated rings. The molecule has 20 heavy (non-hydrogen) atoms. The van der Waals surface area contributed by atoms with Gasteiger partial charge in [0.25, 0.3) is 5.91 Å². The molecule has 0 N–H and O–H groups in total. The van der Waals surface area contributed by atoms with E-state index < -0.39 is 0 Å². The smallest absolute Gasteiger partial charge is 0.260 e. The van der Waals surface area contributed by atoms with Crippen molar-refractivity contribution in [2.45, 2.75) is 39.8 Å². The maximum Gasteiger partial charge on any atom is 0.260 e. The first-order chi connectivity index (χ1) is 9.49. The van der Waals surface area contributed by atoms with E-state index in [-0.39, 0.29) is 24.7 Å². The van der Waals surface area contributed by atoms with Gasteiger partial charge in [0, 0.05) is 6.54 Å². The van der Waals surface area contributed by atoms with Crippen LogP contribution in [0.3, 0.4) is 0 Å². The summed E-state index contributed by atoms with van der Waals surface area (Å²) in [5, 5.41) is 0. The van der Waals surface area contributed by atoms with Gasteiger partial charge in [-0.3, -0.25) is 4.79 Å². The van der Waals surface area contributed by atoms with Crippen LogP contribution in [0.15, 0.2) is 18.2 Å². The van der Waals surface area contributed by atoms with Crippen molar-refractivity contribution in [1.82, 2.24) is 4.90 Å². The predicted octanol–water partition coefficient (Wildman–Crippen LogP) is 2.32. The fraction of sp³-hybridized carbons (Fsp3) is 0.562. The van der Waals surface area contributed by atoms with Crippen LogP contribution in [-0.4, -0.2) is 42.7 Å². The summed E-state index contributed by atoms with van der Waals surface area (Å²) in [6.45, 7) is 9.29. The molecule has 1 aliphatic heterocycles. The quantitative estimate of drug-likeness (QED) is 0.851. The third-order valence-corrected chi connectivity index (χ3v) is 3.68. The van der Waals surface area contributed by atoms with Crippen molar-refractivity contribution in [2.24, 2.45) is 0 Å². The van der Waals surface area contributed by atoms with Crippen LogP contribution in [-0.2, 0) is 9.53 Å². The highest BCUT2D eigenvalue weighted by Crippen LogP contribution is 2.22. The normalized spacial score (nSPS) is 22.7. The molecule has 1 aliphatic rings. The van der Waals surface area contributed by atoms with Crippen molar-refractivity contribution in [1.29, 1.82) is 0 Å². The average molecular weight is 277 g/mol. The van der Waals surface area contributed by atoms with Crippen molar-refractivity contribution in [3.63, 3.8) is 0 Å². The third kappa shape index (κ3) is 3.31. The van der Waals surface area contributed by atoms with Crippen LogP contribution in [0.4, 0.5) is 0 Å². The van der Waals surface area contributed by atoms with Crippen LogP contribution in [0, 0.1) is 13.8 Å². The van der Waals surface area contributed by atoms with Crippen LogP contribution in [0.2, 0.25) is 0 Å². The van der Waals surface area contributed by atoms with Crippen molar-refractivity contribution >= 4 is 5.91 Å². The summed E-state index contributed by atoms with van der Waals surface area (Å²) in [5.74, 6) is 0.838. The van der Waals surface area contributed by atoms with Gasteiger partial charge in [-0.1, -0.05) is 18.2 Å². The second-order valence-electron chi connectivity index (χ2n) is 5.55. The maximum absolute atomic E-state index is 12.3. The van der Waals surface area contributed by atoms with E-state index in [2.05, 4.69) is 0 Å². The predicted molar refractivity (Wildman–Crippen MR) is 78.0 cm³/mol. The largest absolute Gasteiger partial charge is 0.483 e. The Morgan fingerprint density at radius 1 is 1.35 bits per heavy atom. The first-order valence-electron chi connectivity index (χ1n) is 7.09. The fourth-order valence-corrected chi connectivity index (χ4v) is 2.49. The van der Waals surface area contributed by atoms with E-state index in [0.29, 0.717) is 13.2 Å². The number of hydrogen-bond donors (Lipinski definition) is 0. The Labute approximate surface area is 120 Å². The van der Waals surface area contributed by atoms with Crippen LogP contribution in [0.25, 0.3) is 0 Å². The summed E-state index contributed by atoms with van der Waals surface area (Å²) >= 11 is 0. The lowest BCUT2D eigenvalue weighted by Crippen LogP contribution is -2.51. The molecule has 4 nitrogen and oxygen atoms in total. The summed E-state index contributed by atoms with van der Waals surface area (Å²) in [5.41, 5.74) is 2.11. The summed E-state index contributed by atoms with van der Waals surface area (Å²) < 4.78 is 11.3. The minimum atomic E-state index is 0.0234. The lowest BCUT2D eigenvalue weighted by atomic mass is 10.1. The molecule has 0 bridgehead atoms. The van der Waals surface area contributed by atoms with Gasteiger partial charge in [0.2, 0.25) is 0 Å². The molecule has 0 aliphatic carbocycles. The van der Waals surface area contributed by atoms with Gasteiger partial charge in [-0.05, 0) is 38.8 Å². The molecule has 0 spiro atoms. The Morgan fingerprint density at radius 3 is 2.65 bits per heavy atom. The van der Waals surface area contributed by atoms with Gasteiger partial charge in [0.15, 0.2) is 6.61 Å². The zero-order valence-electron chi connectivity index (χ0n) is 12.7. The van der Waals surface area contributed by atoms with Gasteiger partial charge < -0.3 is 14.4 Å². The van der Waals surface area contributed by atoms with Gasteiger partial charge in [0.05, 0.1) is 18.8 Å². The van der Waals surface area contributed by atoms with E-state index in [1.54, 1.807) is 0 Å². The number of para-hydroxylation sites is 1. The lowest BCUT2D eigenvalue weighted by Gasteiger charge is -2.36. The Balaban J connectivity index is 1.98. The van der Waals surface area contributed by atoms with Crippen molar-refractivity contribution < 1.29 is 14.3 Å². The first-order valence-corrected chi connectivity index (χ1v) is 7.09. The molecule has 4 heteroatoms. The minimum absolute atomic E-state index is 0.0234. The minimum Gasteiger partial charge on any atom is -0.483 e. The molecule has 1 saturated heterocycles. The molecule has 0 saturated carbocycles. The monoisotopic (exact) mass is 277 g/mol. The second-order valence-corrected chi connectivity index (χ2v) is 5.55. The van der Waals surface area contributed by atoms with E-state index in [1.165, 1.54) is 0 Å². The number of nitrogens with zero attached hydrogens (tertiary/aromatic N) is 1. The van der Waals surface area contributed by atoms with Crippen LogP contribution >= 0.6 is 0 Å². The molecule has 0 aromatic heterocycles. The number of carbonyl (C=O) groups is 1. The molecule has 2 atom stereocenters. The Morgan fingerprint density at radius 2 is 2.00 bits per heavy atom. The highest BCUT2D eigenvalue weighted by atomic mass is 16.5. The molecule has 2 unspecified atom stereocenters. The molecule has 0 radical (unpaired) electrons. The van der Waals surface area contributed by atoms with Gasteiger partial charge in [-0.2, -0.15) is 0 Å². The fourth-order valence-electron chi connectivity index (χ4n) is 2.49. The highest BCUT2D eigenvalue weighted by Gasteiger charge is 2.27. The molecular weight excluding hydrogens is 254 g/mol. The molecular formula is C16H23NO3. The van der Waals surface area contributed by atoms with Gasteiger partial charge in [-0.15, -0.1) is 0 Å². The van der Waals surface area contributed by atoms with E-state index in [1.807, 2.05) is 50.8 Å². The Bertz CT molecular complexity index is 466. The summed E-state index contributed by atoms with van der Waals surface area (Å²) in [6.07, 6.45) is 0.0929. The maximum atomic E-state index is 12.3. The van der Waals surface area contributed by atoms with Crippen molar-refractivity contribution in [3.8, 4) is 5.75 Å². The van der Waals surface area contributed by atoms with E-state index in [0.717, 1.165) is 16.9 Å². The van der Waals surface area contributed by atoms with E-state index in [4.69, 9.17) is 9.47 Å². The van der Waals surface area contributed by atoms with E-state index in [9.17, 15) is 4.79 Å². The number of ether oxygens (including phenoxy) is 2. The summed E-state index contributed by atoms with van der Waals surface area (Å²) in [6, 6.07) is 6.09. The number of benzene rings is 1. The number of rotatable bonds is 3. The molecule has 1 heterocycles. The third-order valence-electron chi connectivity index (χ3n) is 3.68. The van der Waals surface area contributed by atoms with Crippen LogP contribution in [0.5, 0.6) is 5.75 Å². The standard InChI is InChI=1S/C16H23NO3/c1-11-6-5-7-12(2)16(11)20-10-15(18)17-8-14(4)19-9-13(17)3/h5-7,13-14H,8-10H2,1-4H3. The summed E-state index contributed by atoms with van der Waals surface area (Å²) in [4.78, 5) is 14.1. The van der Waals surface area contributed by atoms with Crippen LogP contribution in [0.1, 0.15) is 25.0 Å². The zero-order valence-corrected chi connectivity index (χ0v) is 12.7. The molecule has 2 rings (SSSR count). The molecule has 1 aromatic carbocycles. The van der Waals surface area contributed by atoms with Gasteiger partial charge in [-0.25, -0.2) is 0 Å². The van der Waals surface area contributed by atoms with Crippen molar-refractivity contribution in [2.75, 3.05) is 19.8 Å². The zero-order chi connectivity index (χ0) is 14.7. The second kappa shape index (κ2) is 6.27. The van der Waals surface area contributed by atoms with Crippen LogP contribution < -0.4 is 4.74 Å². The molecule has 1 amide bonds. The van der Waals surface area contributed by atoms with Gasteiger partial charge >= 0.3 is 0 Å². The van der Waals surface area contributed by atoms with Gasteiger partial charge in [0.1, 0.15) is 5.75 Å². The Kier molecular flexibility index (Phi) is 4.65. The number of morpholine rings is 1. The number of hydrogen-bond acceptors (Lipinski definition) is 3. The average Bonchev–Trinajstić information content (AvgIpc) is 2.40. The molecule has 1 aromatic rings.